The molecule has 160 valence electrons. The van der Waals surface area contributed by atoms with E-state index in [1.165, 1.54) is 19.1 Å². The lowest BCUT2D eigenvalue weighted by atomic mass is 9.93. The minimum Gasteiger partial charge on any atom is -0.451 e. The van der Waals surface area contributed by atoms with Crippen molar-refractivity contribution < 1.29 is 28.6 Å². The zero-order valence-electron chi connectivity index (χ0n) is 17.9. The molecule has 0 amide bonds. The maximum Gasteiger partial charge on any atom is 0.333 e. The Hall–Kier alpha value is -2.99. The summed E-state index contributed by atoms with van der Waals surface area (Å²) < 4.78 is 24.8. The first kappa shape index (κ1) is 23.3. The number of halogens is 1. The van der Waals surface area contributed by atoms with Crippen LogP contribution in [0.5, 0.6) is 5.75 Å². The summed E-state index contributed by atoms with van der Waals surface area (Å²) in [6.07, 6.45) is -0.898. The van der Waals surface area contributed by atoms with Crippen molar-refractivity contribution in [2.24, 2.45) is 5.92 Å². The van der Waals surface area contributed by atoms with Gasteiger partial charge in [-0.3, -0.25) is 4.79 Å². The molecule has 0 fully saturated rings. The molecule has 2 aromatic carbocycles. The van der Waals surface area contributed by atoms with Crippen molar-refractivity contribution in [3.8, 4) is 16.9 Å². The highest BCUT2D eigenvalue weighted by Crippen LogP contribution is 2.32. The fraction of sp³-hybridized carbons (Fsp3) is 0.333. The van der Waals surface area contributed by atoms with E-state index in [1.54, 1.807) is 58.0 Å². The third kappa shape index (κ3) is 5.76. The molecular formula is C24H27FO5. The lowest BCUT2D eigenvalue weighted by Gasteiger charge is -2.29. The van der Waals surface area contributed by atoms with Crippen molar-refractivity contribution in [2.45, 2.75) is 46.3 Å². The molecule has 2 aromatic rings. The molecule has 1 unspecified atom stereocenters. The molecule has 0 aliphatic carbocycles. The molecule has 0 aliphatic rings. The minimum atomic E-state index is -1.32. The van der Waals surface area contributed by atoms with Crippen molar-refractivity contribution in [3.63, 3.8) is 0 Å². The van der Waals surface area contributed by atoms with E-state index in [4.69, 9.17) is 9.47 Å². The number of rotatable bonds is 7. The fourth-order valence-electron chi connectivity index (χ4n) is 2.67. The van der Waals surface area contributed by atoms with E-state index in [-0.39, 0.29) is 17.2 Å². The average Bonchev–Trinajstić information content (AvgIpc) is 2.66. The van der Waals surface area contributed by atoms with Crippen LogP contribution in [0.4, 0.5) is 4.39 Å². The van der Waals surface area contributed by atoms with Gasteiger partial charge >= 0.3 is 11.9 Å². The maximum atomic E-state index is 14.4. The predicted molar refractivity (Wildman–Crippen MR) is 112 cm³/mol. The Morgan fingerprint density at radius 3 is 2.10 bits per heavy atom. The minimum absolute atomic E-state index is 0.122. The number of aliphatic hydroxyl groups is 1. The van der Waals surface area contributed by atoms with Gasteiger partial charge in [0.1, 0.15) is 5.60 Å². The predicted octanol–water partition coefficient (Wildman–Crippen LogP) is 4.99. The fourth-order valence-corrected chi connectivity index (χ4v) is 2.67. The second kappa shape index (κ2) is 9.22. The summed E-state index contributed by atoms with van der Waals surface area (Å²) in [5, 5.41) is 10.4. The largest absolute Gasteiger partial charge is 0.451 e. The molecule has 0 radical (unpaired) electrons. The number of hydrogen-bond donors (Lipinski definition) is 1. The van der Waals surface area contributed by atoms with Gasteiger partial charge in [-0.15, -0.1) is 0 Å². The monoisotopic (exact) mass is 414 g/mol. The van der Waals surface area contributed by atoms with Crippen LogP contribution in [0.1, 0.15) is 46.3 Å². The molecule has 0 bridgehead atoms. The van der Waals surface area contributed by atoms with Gasteiger partial charge in [0.2, 0.25) is 0 Å². The summed E-state index contributed by atoms with van der Waals surface area (Å²) >= 11 is 0. The lowest BCUT2D eigenvalue weighted by molar-refractivity contribution is -0.158. The van der Waals surface area contributed by atoms with Gasteiger partial charge in [-0.25, -0.2) is 9.18 Å². The molecule has 6 heteroatoms. The number of ether oxygens (including phenoxy) is 2. The SMILES string of the molecule is C=C(C)C(=O)OC(c1ccc(-c2ccc(OC(=O)C(C)C)c(F)c2)cc1)C(C)(C)O. The Bertz CT molecular complexity index is 939. The van der Waals surface area contributed by atoms with Crippen molar-refractivity contribution in [1.29, 1.82) is 0 Å². The smallest absolute Gasteiger partial charge is 0.333 e. The average molecular weight is 414 g/mol. The molecular weight excluding hydrogens is 387 g/mol. The van der Waals surface area contributed by atoms with Crippen LogP contribution in [0.25, 0.3) is 11.1 Å². The Balaban J connectivity index is 2.27. The van der Waals surface area contributed by atoms with E-state index in [1.807, 2.05) is 0 Å². The summed E-state index contributed by atoms with van der Waals surface area (Å²) in [6.45, 7) is 11.5. The highest BCUT2D eigenvalue weighted by Gasteiger charge is 2.32. The van der Waals surface area contributed by atoms with Crippen molar-refractivity contribution in [1.82, 2.24) is 0 Å². The molecule has 0 aromatic heterocycles. The van der Waals surface area contributed by atoms with E-state index in [0.717, 1.165) is 0 Å². The summed E-state index contributed by atoms with van der Waals surface area (Å²) in [6, 6.07) is 11.2. The van der Waals surface area contributed by atoms with Crippen LogP contribution >= 0.6 is 0 Å². The van der Waals surface area contributed by atoms with Crippen LogP contribution in [0.2, 0.25) is 0 Å². The molecule has 0 spiro atoms. The van der Waals surface area contributed by atoms with E-state index in [0.29, 0.717) is 16.7 Å². The number of carbonyl (C=O) groups is 2. The third-order valence-electron chi connectivity index (χ3n) is 4.38. The van der Waals surface area contributed by atoms with Gasteiger partial charge in [-0.2, -0.15) is 0 Å². The van der Waals surface area contributed by atoms with Gasteiger partial charge in [-0.05, 0) is 49.6 Å². The lowest BCUT2D eigenvalue weighted by Crippen LogP contribution is -2.32. The Kier molecular flexibility index (Phi) is 7.16. The molecule has 0 saturated heterocycles. The normalized spacial score (nSPS) is 12.4. The molecule has 0 aliphatic heterocycles. The number of carbonyl (C=O) groups excluding carboxylic acids is 2. The third-order valence-corrected chi connectivity index (χ3v) is 4.38. The van der Waals surface area contributed by atoms with Gasteiger partial charge in [-0.1, -0.05) is 50.8 Å². The first-order valence-corrected chi connectivity index (χ1v) is 9.60. The Morgan fingerprint density at radius 1 is 1.07 bits per heavy atom. The zero-order valence-corrected chi connectivity index (χ0v) is 17.9. The van der Waals surface area contributed by atoms with Crippen LogP contribution in [-0.4, -0.2) is 22.6 Å². The van der Waals surface area contributed by atoms with Crippen LogP contribution in [0.3, 0.4) is 0 Å². The van der Waals surface area contributed by atoms with Gasteiger partial charge in [0.05, 0.1) is 5.92 Å². The van der Waals surface area contributed by atoms with Crippen LogP contribution in [-0.2, 0) is 14.3 Å². The molecule has 1 N–H and O–H groups in total. The first-order valence-electron chi connectivity index (χ1n) is 9.60. The highest BCUT2D eigenvalue weighted by atomic mass is 19.1. The van der Waals surface area contributed by atoms with Gasteiger partial charge in [0.25, 0.3) is 0 Å². The molecule has 0 heterocycles. The first-order chi connectivity index (χ1) is 13.9. The van der Waals surface area contributed by atoms with Crippen molar-refractivity contribution in [2.75, 3.05) is 0 Å². The van der Waals surface area contributed by atoms with E-state index in [9.17, 15) is 19.1 Å². The second-order valence-corrected chi connectivity index (χ2v) is 8.06. The molecule has 30 heavy (non-hydrogen) atoms. The molecule has 2 rings (SSSR count). The summed E-state index contributed by atoms with van der Waals surface area (Å²) in [5.74, 6) is -2.23. The number of hydrogen-bond acceptors (Lipinski definition) is 5. The Labute approximate surface area is 176 Å². The van der Waals surface area contributed by atoms with Gasteiger partial charge < -0.3 is 14.6 Å². The van der Waals surface area contributed by atoms with Crippen molar-refractivity contribution in [3.05, 3.63) is 66.0 Å². The number of esters is 2. The quantitative estimate of drug-likeness (QED) is 0.393. The van der Waals surface area contributed by atoms with E-state index < -0.39 is 29.5 Å². The van der Waals surface area contributed by atoms with Crippen LogP contribution < -0.4 is 4.74 Å². The second-order valence-electron chi connectivity index (χ2n) is 8.06. The van der Waals surface area contributed by atoms with E-state index in [2.05, 4.69) is 6.58 Å². The Morgan fingerprint density at radius 2 is 1.63 bits per heavy atom. The standard InChI is InChI=1S/C24H27FO5/c1-14(2)22(26)29-20-12-11-18(13-19(20)25)16-7-9-17(10-8-16)21(24(5,6)28)30-23(27)15(3)4/h7-14,21,28H,3H2,1-2,4-6H3. The molecule has 1 atom stereocenters. The summed E-state index contributed by atoms with van der Waals surface area (Å²) in [4.78, 5) is 23.6. The number of benzene rings is 2. The summed E-state index contributed by atoms with van der Waals surface area (Å²) in [5.41, 5.74) is 0.793. The van der Waals surface area contributed by atoms with Crippen LogP contribution in [0.15, 0.2) is 54.6 Å². The van der Waals surface area contributed by atoms with Gasteiger partial charge in [0, 0.05) is 5.57 Å². The van der Waals surface area contributed by atoms with E-state index >= 15 is 0 Å². The maximum absolute atomic E-state index is 14.4. The molecule has 5 nitrogen and oxygen atoms in total. The zero-order chi connectivity index (χ0) is 22.6. The van der Waals surface area contributed by atoms with Crippen LogP contribution in [0, 0.1) is 11.7 Å². The molecule has 0 saturated carbocycles. The van der Waals surface area contributed by atoms with Crippen molar-refractivity contribution >= 4 is 11.9 Å². The van der Waals surface area contributed by atoms with Gasteiger partial charge in [0.15, 0.2) is 17.7 Å². The summed E-state index contributed by atoms with van der Waals surface area (Å²) in [7, 11) is 0. The highest BCUT2D eigenvalue weighted by molar-refractivity contribution is 5.87. The topological polar surface area (TPSA) is 72.8 Å².